The first-order valence-electron chi connectivity index (χ1n) is 6.60. The molecule has 7 nitrogen and oxygen atoms in total. The Balaban J connectivity index is 2.43. The van der Waals surface area contributed by atoms with Crippen molar-refractivity contribution >= 4 is 16.9 Å². The number of hydrogen-bond acceptors (Lipinski definition) is 6. The van der Waals surface area contributed by atoms with Gasteiger partial charge in [-0.05, 0) is 12.1 Å². The molecule has 7 heteroatoms. The molecule has 116 valence electrons. The summed E-state index contributed by atoms with van der Waals surface area (Å²) in [7, 11) is 1.21. The topological polar surface area (TPSA) is 112 Å². The number of esters is 1. The molecule has 2 unspecified atom stereocenters. The third-order valence-electron chi connectivity index (χ3n) is 3.91. The van der Waals surface area contributed by atoms with Crippen molar-refractivity contribution in [2.75, 3.05) is 13.7 Å². The highest BCUT2D eigenvalue weighted by Crippen LogP contribution is 2.42. The van der Waals surface area contributed by atoms with E-state index in [1.165, 1.54) is 25.3 Å². The van der Waals surface area contributed by atoms with Crippen LogP contribution >= 0.6 is 0 Å². The maximum Gasteiger partial charge on any atom is 0.340 e. The summed E-state index contributed by atoms with van der Waals surface area (Å²) in [6, 6.07) is 4.65. The van der Waals surface area contributed by atoms with Crippen molar-refractivity contribution in [1.29, 1.82) is 0 Å². The van der Waals surface area contributed by atoms with Gasteiger partial charge in [-0.15, -0.1) is 0 Å². The van der Waals surface area contributed by atoms with E-state index in [1.807, 2.05) is 0 Å². The number of para-hydroxylation sites is 1. The second-order valence-electron chi connectivity index (χ2n) is 5.15. The van der Waals surface area contributed by atoms with Gasteiger partial charge < -0.3 is 25.3 Å². The third kappa shape index (κ3) is 1.77. The van der Waals surface area contributed by atoms with E-state index in [0.29, 0.717) is 10.1 Å². The fourth-order valence-electron chi connectivity index (χ4n) is 2.89. The van der Waals surface area contributed by atoms with Crippen LogP contribution in [0.15, 0.2) is 30.4 Å². The molecule has 0 bridgehead atoms. The Labute approximate surface area is 125 Å². The molecule has 0 radical (unpaired) electrons. The van der Waals surface area contributed by atoms with E-state index < -0.39 is 24.3 Å². The number of hydrogen-bond donors (Lipinski definition) is 4. The number of carbonyl (C=O) groups is 1. The van der Waals surface area contributed by atoms with Crippen LogP contribution < -0.4 is 0 Å². The first-order valence-corrected chi connectivity index (χ1v) is 6.60. The molecule has 2 atom stereocenters. The molecule has 4 N–H and O–H groups in total. The molecule has 3 rings (SSSR count). The number of benzene rings is 1. The van der Waals surface area contributed by atoms with Crippen molar-refractivity contribution in [3.8, 4) is 0 Å². The van der Waals surface area contributed by atoms with E-state index in [1.54, 1.807) is 12.1 Å². The molecule has 0 spiro atoms. The molecule has 22 heavy (non-hydrogen) atoms. The van der Waals surface area contributed by atoms with Crippen LogP contribution in [0.1, 0.15) is 27.7 Å². The predicted molar refractivity (Wildman–Crippen MR) is 75.5 cm³/mol. The van der Waals surface area contributed by atoms with Gasteiger partial charge in [0.1, 0.15) is 16.8 Å². The van der Waals surface area contributed by atoms with Crippen LogP contribution in [0.5, 0.6) is 0 Å². The SMILES string of the molecule is COC(=O)c1cccc2c3c(n(O)c12)C(O)(CO)C=CC3O. The lowest BCUT2D eigenvalue weighted by atomic mass is 9.87. The minimum atomic E-state index is -1.85. The molecule has 1 aromatic heterocycles. The minimum Gasteiger partial charge on any atom is -0.465 e. The number of carbonyl (C=O) groups excluding carboxylic acids is 1. The lowest BCUT2D eigenvalue weighted by molar-refractivity contribution is -0.00240. The van der Waals surface area contributed by atoms with Crippen LogP contribution in [-0.4, -0.2) is 44.9 Å². The summed E-state index contributed by atoms with van der Waals surface area (Å²) in [5.74, 6) is -0.661. The number of aliphatic hydroxyl groups is 3. The quantitative estimate of drug-likeness (QED) is 0.364. The standard InChI is InChI=1S/C15H15NO6/c1-22-14(19)9-4-2-3-8-11-10(18)5-6-15(20,7-17)13(11)16(21)12(8)9/h2-6,10,17-18,20-21H,7H2,1H3. The summed E-state index contributed by atoms with van der Waals surface area (Å²) < 4.78 is 5.31. The lowest BCUT2D eigenvalue weighted by Crippen LogP contribution is -2.34. The van der Waals surface area contributed by atoms with E-state index >= 15 is 0 Å². The highest BCUT2D eigenvalue weighted by molar-refractivity contribution is 6.04. The Morgan fingerprint density at radius 3 is 2.82 bits per heavy atom. The van der Waals surface area contributed by atoms with Crippen LogP contribution in [0.3, 0.4) is 0 Å². The number of fused-ring (bicyclic) bond motifs is 3. The zero-order chi connectivity index (χ0) is 16.1. The number of rotatable bonds is 2. The molecule has 2 aromatic rings. The normalized spacial score (nSPS) is 23.5. The molecule has 0 saturated heterocycles. The van der Waals surface area contributed by atoms with E-state index in [2.05, 4.69) is 4.74 Å². The summed E-state index contributed by atoms with van der Waals surface area (Å²) in [5.41, 5.74) is -1.49. The molecule has 0 saturated carbocycles. The minimum absolute atomic E-state index is 0.0728. The molecule has 0 fully saturated rings. The van der Waals surface area contributed by atoms with Crippen LogP contribution in [0.4, 0.5) is 0 Å². The van der Waals surface area contributed by atoms with Crippen LogP contribution in [0, 0.1) is 0 Å². The summed E-state index contributed by atoms with van der Waals surface area (Å²) in [6.45, 7) is -0.687. The summed E-state index contributed by atoms with van der Waals surface area (Å²) in [5, 5.41) is 40.9. The monoisotopic (exact) mass is 305 g/mol. The van der Waals surface area contributed by atoms with Crippen molar-refractivity contribution in [2.24, 2.45) is 0 Å². The van der Waals surface area contributed by atoms with Gasteiger partial charge >= 0.3 is 5.97 Å². The van der Waals surface area contributed by atoms with Gasteiger partial charge in [0.05, 0.1) is 25.4 Å². The zero-order valence-corrected chi connectivity index (χ0v) is 11.7. The van der Waals surface area contributed by atoms with Crippen molar-refractivity contribution < 1.29 is 30.1 Å². The molecule has 0 amide bonds. The second-order valence-corrected chi connectivity index (χ2v) is 5.15. The Bertz CT molecular complexity index is 793. The third-order valence-corrected chi connectivity index (χ3v) is 3.91. The van der Waals surface area contributed by atoms with Crippen molar-refractivity contribution in [1.82, 2.24) is 4.73 Å². The van der Waals surface area contributed by atoms with E-state index in [9.17, 15) is 25.3 Å². The second kappa shape index (κ2) is 4.84. The fourth-order valence-corrected chi connectivity index (χ4v) is 2.89. The number of ether oxygens (including phenoxy) is 1. The number of methoxy groups -OCH3 is 1. The van der Waals surface area contributed by atoms with Crippen LogP contribution in [0.2, 0.25) is 0 Å². The van der Waals surface area contributed by atoms with Crippen molar-refractivity contribution in [3.63, 3.8) is 0 Å². The first-order chi connectivity index (χ1) is 10.4. The Morgan fingerprint density at radius 2 is 2.18 bits per heavy atom. The van der Waals surface area contributed by atoms with Crippen LogP contribution in [-0.2, 0) is 10.3 Å². The predicted octanol–water partition coefficient (Wildman–Crippen LogP) is 0.448. The molecule has 1 aliphatic rings. The largest absolute Gasteiger partial charge is 0.465 e. The maximum atomic E-state index is 11.9. The van der Waals surface area contributed by atoms with Gasteiger partial charge in [-0.2, -0.15) is 4.73 Å². The summed E-state index contributed by atoms with van der Waals surface area (Å²) in [4.78, 5) is 11.9. The molecule has 1 aliphatic carbocycles. The smallest absolute Gasteiger partial charge is 0.340 e. The Morgan fingerprint density at radius 1 is 1.45 bits per heavy atom. The molecule has 1 heterocycles. The van der Waals surface area contributed by atoms with Gasteiger partial charge in [-0.3, -0.25) is 0 Å². The van der Waals surface area contributed by atoms with Crippen molar-refractivity contribution in [3.05, 3.63) is 47.2 Å². The van der Waals surface area contributed by atoms with E-state index in [0.717, 1.165) is 0 Å². The molecule has 1 aromatic carbocycles. The number of aliphatic hydroxyl groups excluding tert-OH is 2. The van der Waals surface area contributed by atoms with E-state index in [4.69, 9.17) is 0 Å². The average Bonchev–Trinajstić information content (AvgIpc) is 2.85. The molecular weight excluding hydrogens is 290 g/mol. The Kier molecular flexibility index (Phi) is 3.21. The van der Waals surface area contributed by atoms with Crippen molar-refractivity contribution in [2.45, 2.75) is 11.7 Å². The summed E-state index contributed by atoms with van der Waals surface area (Å²) >= 11 is 0. The van der Waals surface area contributed by atoms with Gasteiger partial charge in [0.25, 0.3) is 0 Å². The maximum absolute atomic E-state index is 11.9. The van der Waals surface area contributed by atoms with Gasteiger partial charge in [0, 0.05) is 10.9 Å². The van der Waals surface area contributed by atoms with Crippen LogP contribution in [0.25, 0.3) is 10.9 Å². The molecular formula is C15H15NO6. The van der Waals surface area contributed by atoms with Gasteiger partial charge in [0.2, 0.25) is 0 Å². The highest BCUT2D eigenvalue weighted by Gasteiger charge is 2.40. The fraction of sp³-hybridized carbons (Fsp3) is 0.267. The number of aromatic nitrogens is 1. The summed E-state index contributed by atoms with van der Waals surface area (Å²) in [6.07, 6.45) is 1.46. The first kappa shape index (κ1) is 14.6. The number of nitrogens with zero attached hydrogens (tertiary/aromatic N) is 1. The molecule has 0 aliphatic heterocycles. The van der Waals surface area contributed by atoms with Gasteiger partial charge in [-0.25, -0.2) is 4.79 Å². The Hall–Kier alpha value is -2.35. The van der Waals surface area contributed by atoms with Gasteiger partial charge in [0.15, 0.2) is 0 Å². The average molecular weight is 305 g/mol. The van der Waals surface area contributed by atoms with Gasteiger partial charge in [-0.1, -0.05) is 18.2 Å². The highest BCUT2D eigenvalue weighted by atomic mass is 16.5. The van der Waals surface area contributed by atoms with E-state index in [-0.39, 0.29) is 22.3 Å². The lowest BCUT2D eigenvalue weighted by Gasteiger charge is -2.28. The zero-order valence-electron chi connectivity index (χ0n) is 11.7.